The second-order valence-corrected chi connectivity index (χ2v) is 10.3. The predicted octanol–water partition coefficient (Wildman–Crippen LogP) is 3.42. The summed E-state index contributed by atoms with van der Waals surface area (Å²) in [7, 11) is 4.59. The van der Waals surface area contributed by atoms with Crippen LogP contribution in [0.25, 0.3) is 0 Å². The average molecular weight is 391 g/mol. The standard InChI is InChI=1S/C20H24NO3S2/c1-20(15-6-4-8-25-15,16-7-5-9-26-16)19(22)23-12-10-13-17-18(24-17)14(11-12)21(13,2)3/h4-9,12-14,17-18H,10-11H2,1-3H3/q+1/t12?,13-,14+,17-,18+. The van der Waals surface area contributed by atoms with Crippen molar-refractivity contribution in [2.45, 2.75) is 55.6 Å². The van der Waals surface area contributed by atoms with Crippen LogP contribution >= 0.6 is 22.7 Å². The first-order chi connectivity index (χ1) is 12.4. The Bertz CT molecular complexity index is 760. The van der Waals surface area contributed by atoms with Crippen molar-refractivity contribution in [3.8, 4) is 0 Å². The highest BCUT2D eigenvalue weighted by Crippen LogP contribution is 2.52. The van der Waals surface area contributed by atoms with E-state index in [1.165, 1.54) is 0 Å². The number of carbonyl (C=O) groups is 1. The molecule has 5 heterocycles. The SMILES string of the molecule is CC(C(=O)OC1C[C@@H]2[C@H]3O[C@H]3[C@H](C1)[N+]2(C)C)(c1cccs1)c1cccs1. The maximum Gasteiger partial charge on any atom is 0.322 e. The first-order valence-electron chi connectivity index (χ1n) is 9.20. The zero-order chi connectivity index (χ0) is 18.1. The van der Waals surface area contributed by atoms with E-state index in [1.54, 1.807) is 22.7 Å². The van der Waals surface area contributed by atoms with Gasteiger partial charge in [-0.1, -0.05) is 12.1 Å². The van der Waals surface area contributed by atoms with Crippen LogP contribution in [0.3, 0.4) is 0 Å². The first-order valence-corrected chi connectivity index (χ1v) is 11.0. The molecule has 0 N–H and O–H groups in total. The highest BCUT2D eigenvalue weighted by molar-refractivity contribution is 7.12. The van der Waals surface area contributed by atoms with Crippen molar-refractivity contribution in [2.75, 3.05) is 14.1 Å². The van der Waals surface area contributed by atoms with E-state index >= 15 is 0 Å². The van der Waals surface area contributed by atoms with Crippen molar-refractivity contribution in [2.24, 2.45) is 0 Å². The van der Waals surface area contributed by atoms with Crippen molar-refractivity contribution in [1.82, 2.24) is 0 Å². The third-order valence-corrected chi connectivity index (χ3v) is 8.93. The number of piperidine rings is 1. The molecule has 2 bridgehead atoms. The number of epoxide rings is 1. The number of quaternary nitrogens is 1. The lowest BCUT2D eigenvalue weighted by molar-refractivity contribution is -0.938. The van der Waals surface area contributed by atoms with E-state index in [-0.39, 0.29) is 12.1 Å². The molecule has 0 aromatic carbocycles. The number of fused-ring (bicyclic) bond motifs is 5. The number of esters is 1. The molecule has 0 spiro atoms. The van der Waals surface area contributed by atoms with E-state index < -0.39 is 5.41 Å². The summed E-state index contributed by atoms with van der Waals surface area (Å²) in [5, 5.41) is 4.06. The van der Waals surface area contributed by atoms with Crippen molar-refractivity contribution in [3.05, 3.63) is 44.8 Å². The number of thiophene rings is 2. The van der Waals surface area contributed by atoms with Gasteiger partial charge in [0.25, 0.3) is 0 Å². The number of likely N-dealkylation sites (N-methyl/N-ethyl adjacent to an activating group) is 1. The quantitative estimate of drug-likeness (QED) is 0.456. The van der Waals surface area contributed by atoms with Crippen LogP contribution in [0.15, 0.2) is 35.0 Å². The van der Waals surface area contributed by atoms with E-state index in [0.29, 0.717) is 24.3 Å². The fourth-order valence-electron chi connectivity index (χ4n) is 5.02. The molecule has 0 saturated carbocycles. The highest BCUT2D eigenvalue weighted by atomic mass is 32.1. The minimum absolute atomic E-state index is 0.000649. The average Bonchev–Trinajstić information content (AvgIpc) is 2.98. The largest absolute Gasteiger partial charge is 0.461 e. The lowest BCUT2D eigenvalue weighted by Gasteiger charge is -2.45. The van der Waals surface area contributed by atoms with Crippen molar-refractivity contribution >= 4 is 28.6 Å². The van der Waals surface area contributed by atoms with Gasteiger partial charge in [-0.05, 0) is 29.8 Å². The van der Waals surface area contributed by atoms with Gasteiger partial charge in [0.1, 0.15) is 35.8 Å². The van der Waals surface area contributed by atoms with E-state index in [4.69, 9.17) is 9.47 Å². The Kier molecular flexibility index (Phi) is 3.67. The molecular weight excluding hydrogens is 366 g/mol. The first kappa shape index (κ1) is 16.9. The molecule has 4 nitrogen and oxygen atoms in total. The van der Waals surface area contributed by atoms with Gasteiger partial charge in [-0.3, -0.25) is 4.79 Å². The monoisotopic (exact) mass is 390 g/mol. The van der Waals surface area contributed by atoms with Crippen molar-refractivity contribution in [3.63, 3.8) is 0 Å². The molecule has 26 heavy (non-hydrogen) atoms. The number of hydrogen-bond donors (Lipinski definition) is 0. The van der Waals surface area contributed by atoms with Gasteiger partial charge in [-0.15, -0.1) is 22.7 Å². The van der Waals surface area contributed by atoms with Gasteiger partial charge >= 0.3 is 5.97 Å². The third-order valence-electron chi connectivity index (χ3n) is 6.75. The molecule has 0 radical (unpaired) electrons. The molecule has 3 aliphatic rings. The van der Waals surface area contributed by atoms with Crippen LogP contribution in [0.1, 0.15) is 29.5 Å². The molecule has 0 aliphatic carbocycles. The minimum atomic E-state index is -0.720. The highest BCUT2D eigenvalue weighted by Gasteiger charge is 2.70. The van der Waals surface area contributed by atoms with Gasteiger partial charge in [0, 0.05) is 22.6 Å². The van der Waals surface area contributed by atoms with Gasteiger partial charge in [-0.25, -0.2) is 0 Å². The zero-order valence-electron chi connectivity index (χ0n) is 15.3. The summed E-state index contributed by atoms with van der Waals surface area (Å²) in [6, 6.07) is 8.99. The summed E-state index contributed by atoms with van der Waals surface area (Å²) in [6.07, 6.45) is 2.56. The molecule has 5 rings (SSSR count). The zero-order valence-corrected chi connectivity index (χ0v) is 16.9. The van der Waals surface area contributed by atoms with Gasteiger partial charge < -0.3 is 14.0 Å². The Morgan fingerprint density at radius 1 is 1.12 bits per heavy atom. The number of morpholine rings is 1. The fraction of sp³-hybridized carbons (Fsp3) is 0.550. The Morgan fingerprint density at radius 2 is 1.65 bits per heavy atom. The van der Waals surface area contributed by atoms with Crippen LogP contribution in [-0.2, 0) is 19.7 Å². The maximum atomic E-state index is 13.4. The van der Waals surface area contributed by atoms with Crippen LogP contribution in [0.2, 0.25) is 0 Å². The second kappa shape index (κ2) is 5.64. The van der Waals surface area contributed by atoms with Gasteiger partial charge in [-0.2, -0.15) is 0 Å². The summed E-state index contributed by atoms with van der Waals surface area (Å²) < 4.78 is 13.0. The van der Waals surface area contributed by atoms with E-state index in [9.17, 15) is 4.79 Å². The molecule has 3 saturated heterocycles. The van der Waals surface area contributed by atoms with Gasteiger partial charge in [0.2, 0.25) is 0 Å². The van der Waals surface area contributed by atoms with Crippen LogP contribution in [0.5, 0.6) is 0 Å². The topological polar surface area (TPSA) is 38.8 Å². The van der Waals surface area contributed by atoms with E-state index in [0.717, 1.165) is 27.1 Å². The summed E-state index contributed by atoms with van der Waals surface area (Å²) in [5.41, 5.74) is -0.720. The molecule has 5 atom stereocenters. The molecule has 3 fully saturated rings. The Balaban J connectivity index is 1.40. The van der Waals surface area contributed by atoms with E-state index in [1.807, 2.05) is 41.9 Å². The Hall–Kier alpha value is -1.21. The molecule has 138 valence electrons. The third kappa shape index (κ3) is 2.29. The normalized spacial score (nSPS) is 34.3. The smallest absolute Gasteiger partial charge is 0.322 e. The summed E-state index contributed by atoms with van der Waals surface area (Å²) in [6.45, 7) is 2.00. The maximum absolute atomic E-state index is 13.4. The predicted molar refractivity (Wildman–Crippen MR) is 103 cm³/mol. The van der Waals surface area contributed by atoms with Crippen LogP contribution < -0.4 is 0 Å². The van der Waals surface area contributed by atoms with Crippen molar-refractivity contribution < 1.29 is 18.8 Å². The summed E-state index contributed by atoms with van der Waals surface area (Å²) >= 11 is 3.24. The van der Waals surface area contributed by atoms with E-state index in [2.05, 4.69) is 14.1 Å². The summed E-state index contributed by atoms with van der Waals surface area (Å²) in [5.74, 6) is -0.117. The van der Waals surface area contributed by atoms with Crippen LogP contribution in [0, 0.1) is 0 Å². The number of ether oxygens (including phenoxy) is 2. The molecule has 0 amide bonds. The number of carbonyl (C=O) groups excluding carboxylic acids is 1. The number of rotatable bonds is 4. The molecular formula is C20H24NO3S2+. The fourth-order valence-corrected chi connectivity index (χ4v) is 6.86. The van der Waals surface area contributed by atoms with Crippen molar-refractivity contribution in [1.29, 1.82) is 0 Å². The summed E-state index contributed by atoms with van der Waals surface area (Å²) in [4.78, 5) is 15.5. The molecule has 6 heteroatoms. The lowest BCUT2D eigenvalue weighted by atomic mass is 9.86. The minimum Gasteiger partial charge on any atom is -0.461 e. The molecule has 1 unspecified atom stereocenters. The number of hydrogen-bond acceptors (Lipinski definition) is 5. The molecule has 2 aromatic heterocycles. The Labute approximate surface area is 161 Å². The Morgan fingerprint density at radius 3 is 2.12 bits per heavy atom. The van der Waals surface area contributed by atoms with Crippen LogP contribution in [0.4, 0.5) is 0 Å². The molecule has 3 aliphatic heterocycles. The van der Waals surface area contributed by atoms with Gasteiger partial charge in [0.15, 0.2) is 0 Å². The van der Waals surface area contributed by atoms with Gasteiger partial charge in [0.05, 0.1) is 14.1 Å². The van der Waals surface area contributed by atoms with Crippen LogP contribution in [-0.4, -0.2) is 54.9 Å². The number of nitrogens with zero attached hydrogens (tertiary/aromatic N) is 1. The molecule has 2 aromatic rings. The second-order valence-electron chi connectivity index (χ2n) is 8.41. The lowest BCUT2D eigenvalue weighted by Crippen LogP contribution is -2.60.